The van der Waals surface area contributed by atoms with E-state index in [-0.39, 0.29) is 41.7 Å². The van der Waals surface area contributed by atoms with Crippen molar-refractivity contribution in [2.45, 2.75) is 119 Å². The minimum atomic E-state index is -0.781. The van der Waals surface area contributed by atoms with Crippen LogP contribution in [-0.2, 0) is 0 Å². The molecule has 0 aromatic heterocycles. The molecule has 37 heavy (non-hydrogen) atoms. The maximum atomic E-state index is 10.6. The van der Waals surface area contributed by atoms with Crippen LogP contribution < -0.4 is 0 Å². The molecular weight excluding hydrogens is 602 g/mol. The van der Waals surface area contributed by atoms with Gasteiger partial charge in [0.2, 0.25) is 0 Å². The average molecular weight is 660 g/mol. The van der Waals surface area contributed by atoms with Crippen molar-refractivity contribution in [3.8, 4) is 0 Å². The van der Waals surface area contributed by atoms with Crippen LogP contribution in [0.4, 0.5) is 14.4 Å². The molecule has 0 saturated heterocycles. The van der Waals surface area contributed by atoms with E-state index < -0.39 is 18.3 Å². The molecule has 3 amide bonds. The summed E-state index contributed by atoms with van der Waals surface area (Å²) in [6.07, 6.45) is 9.78. The Morgan fingerprint density at radius 1 is 0.405 bits per heavy atom. The molecule has 0 radical (unpaired) electrons. The molecule has 9 nitrogen and oxygen atoms in total. The third-order valence-electron chi connectivity index (χ3n) is 5.50. The molecule has 0 aliphatic heterocycles. The van der Waals surface area contributed by atoms with Crippen LogP contribution >= 0.6 is 0 Å². The van der Waals surface area contributed by atoms with Crippen molar-refractivity contribution >= 4 is 18.3 Å². The van der Waals surface area contributed by atoms with Gasteiger partial charge in [-0.15, -0.1) is 0 Å². The third kappa shape index (κ3) is 31.3. The SMILES string of the molecule is CCCCN(CCCC)C(=O)O.CCCCN(CCCC)C(=O)O.CCCCN(CCCC)C(=O)O.[Ce]. The maximum absolute atomic E-state index is 10.6. The minimum absolute atomic E-state index is 0. The molecule has 0 aromatic carbocycles. The summed E-state index contributed by atoms with van der Waals surface area (Å²) in [7, 11) is 0. The van der Waals surface area contributed by atoms with Gasteiger partial charge in [-0.05, 0) is 38.5 Å². The number of amides is 3. The zero-order chi connectivity index (χ0) is 28.2. The number of rotatable bonds is 18. The van der Waals surface area contributed by atoms with Crippen molar-refractivity contribution in [2.75, 3.05) is 39.3 Å². The molecule has 0 unspecified atom stereocenters. The van der Waals surface area contributed by atoms with E-state index in [1.807, 2.05) is 0 Å². The van der Waals surface area contributed by atoms with Gasteiger partial charge in [0.15, 0.2) is 0 Å². The van der Waals surface area contributed by atoms with Gasteiger partial charge < -0.3 is 30.0 Å². The first-order chi connectivity index (χ1) is 17.2. The van der Waals surface area contributed by atoms with E-state index in [1.54, 1.807) is 0 Å². The van der Waals surface area contributed by atoms with E-state index in [9.17, 15) is 14.4 Å². The smallest absolute Gasteiger partial charge is 0.407 e. The summed E-state index contributed by atoms with van der Waals surface area (Å²) in [4.78, 5) is 36.4. The summed E-state index contributed by atoms with van der Waals surface area (Å²) < 4.78 is 0. The Hall–Kier alpha value is -0.813. The van der Waals surface area contributed by atoms with Crippen molar-refractivity contribution in [2.24, 2.45) is 0 Å². The number of nitrogens with zero attached hydrogens (tertiary/aromatic N) is 3. The van der Waals surface area contributed by atoms with Crippen LogP contribution in [0.15, 0.2) is 0 Å². The summed E-state index contributed by atoms with van der Waals surface area (Å²) >= 11 is 0. The minimum Gasteiger partial charge on any atom is -0.465 e. The molecule has 0 fully saturated rings. The van der Waals surface area contributed by atoms with Gasteiger partial charge in [-0.1, -0.05) is 80.1 Å². The monoisotopic (exact) mass is 659 g/mol. The van der Waals surface area contributed by atoms with Crippen molar-refractivity contribution in [1.82, 2.24) is 14.7 Å². The number of unbranched alkanes of at least 4 members (excludes halogenated alkanes) is 6. The van der Waals surface area contributed by atoms with Crippen LogP contribution in [0.25, 0.3) is 0 Å². The molecule has 0 atom stereocenters. The van der Waals surface area contributed by atoms with Crippen molar-refractivity contribution in [3.63, 3.8) is 0 Å². The molecular formula is C27H57CeN3O6. The van der Waals surface area contributed by atoms with Crippen molar-refractivity contribution in [3.05, 3.63) is 0 Å². The van der Waals surface area contributed by atoms with E-state index in [2.05, 4.69) is 41.5 Å². The summed E-state index contributed by atoms with van der Waals surface area (Å²) in [5.74, 6) is 0. The topological polar surface area (TPSA) is 122 Å². The van der Waals surface area contributed by atoms with Crippen LogP contribution in [0.3, 0.4) is 0 Å². The van der Waals surface area contributed by atoms with E-state index in [0.717, 1.165) is 77.0 Å². The summed E-state index contributed by atoms with van der Waals surface area (Å²) in [6.45, 7) is 16.5. The second-order valence-corrected chi connectivity index (χ2v) is 8.93. The van der Waals surface area contributed by atoms with E-state index in [1.165, 1.54) is 14.7 Å². The van der Waals surface area contributed by atoms with Gasteiger partial charge in [0.05, 0.1) is 0 Å². The first kappa shape index (κ1) is 43.2. The standard InChI is InChI=1S/3C9H19NO2.Ce/c3*1-3-5-7-10(9(11)12)8-6-4-2;/h3*3-8H2,1-2H3,(H,11,12);. The Morgan fingerprint density at radius 3 is 0.622 bits per heavy atom. The fourth-order valence-electron chi connectivity index (χ4n) is 3.00. The van der Waals surface area contributed by atoms with Gasteiger partial charge in [0.25, 0.3) is 0 Å². The molecule has 0 spiro atoms. The Balaban J connectivity index is -0.000000218. The van der Waals surface area contributed by atoms with Gasteiger partial charge in [-0.3, -0.25) is 0 Å². The normalized spacial score (nSPS) is 9.57. The van der Waals surface area contributed by atoms with E-state index >= 15 is 0 Å². The van der Waals surface area contributed by atoms with Gasteiger partial charge in [-0.2, -0.15) is 0 Å². The van der Waals surface area contributed by atoms with E-state index in [4.69, 9.17) is 15.3 Å². The molecule has 0 saturated carbocycles. The Bertz CT molecular complexity index is 431. The zero-order valence-corrected chi connectivity index (χ0v) is 27.8. The maximum Gasteiger partial charge on any atom is 0.407 e. The third-order valence-corrected chi connectivity index (χ3v) is 5.50. The predicted octanol–water partition coefficient (Wildman–Crippen LogP) is 7.70. The Labute approximate surface area is 260 Å². The van der Waals surface area contributed by atoms with Crippen LogP contribution in [0, 0.1) is 41.7 Å². The molecule has 0 aliphatic carbocycles. The predicted molar refractivity (Wildman–Crippen MR) is 148 cm³/mol. The summed E-state index contributed by atoms with van der Waals surface area (Å²) in [5, 5.41) is 26.3. The Kier molecular flexibility index (Phi) is 38.8. The Morgan fingerprint density at radius 2 is 0.541 bits per heavy atom. The fraction of sp³-hybridized carbons (Fsp3) is 0.889. The molecule has 3 N–H and O–H groups in total. The van der Waals surface area contributed by atoms with Crippen LogP contribution in [0.1, 0.15) is 119 Å². The molecule has 220 valence electrons. The molecule has 0 aromatic rings. The quantitative estimate of drug-likeness (QED) is 0.139. The molecule has 0 bridgehead atoms. The van der Waals surface area contributed by atoms with Crippen molar-refractivity contribution < 1.29 is 71.5 Å². The molecule has 0 heterocycles. The molecule has 10 heteroatoms. The number of carboxylic acid groups (broad SMARTS) is 3. The van der Waals surface area contributed by atoms with Crippen LogP contribution in [0.5, 0.6) is 0 Å². The number of hydrogen-bond acceptors (Lipinski definition) is 3. The summed E-state index contributed by atoms with van der Waals surface area (Å²) in [6, 6.07) is 0. The zero-order valence-electron chi connectivity index (χ0n) is 24.6. The van der Waals surface area contributed by atoms with Gasteiger partial charge in [0, 0.05) is 81.0 Å². The van der Waals surface area contributed by atoms with Gasteiger partial charge in [-0.25, -0.2) is 14.4 Å². The molecule has 0 rings (SSSR count). The van der Waals surface area contributed by atoms with E-state index in [0.29, 0.717) is 39.3 Å². The van der Waals surface area contributed by atoms with Crippen LogP contribution in [-0.4, -0.2) is 87.6 Å². The molecule has 0 aliphatic rings. The largest absolute Gasteiger partial charge is 0.465 e. The van der Waals surface area contributed by atoms with Gasteiger partial charge in [0.1, 0.15) is 0 Å². The second kappa shape index (κ2) is 33.2. The van der Waals surface area contributed by atoms with Gasteiger partial charge >= 0.3 is 18.3 Å². The number of carbonyl (C=O) groups is 3. The van der Waals surface area contributed by atoms with Crippen molar-refractivity contribution in [1.29, 1.82) is 0 Å². The second-order valence-electron chi connectivity index (χ2n) is 8.93. The average Bonchev–Trinajstić information content (AvgIpc) is 2.84. The fourth-order valence-corrected chi connectivity index (χ4v) is 3.00. The first-order valence-corrected chi connectivity index (χ1v) is 14.1. The number of hydrogen-bond donors (Lipinski definition) is 3. The van der Waals surface area contributed by atoms with Crippen LogP contribution in [0.2, 0.25) is 0 Å². The first-order valence-electron chi connectivity index (χ1n) is 14.1. The summed E-state index contributed by atoms with van der Waals surface area (Å²) in [5.41, 5.74) is 0.